The maximum Gasteiger partial charge on any atom is 0.249 e. The van der Waals surface area contributed by atoms with Gasteiger partial charge in [-0.15, -0.1) is 0 Å². The molecule has 1 aliphatic rings. The van der Waals surface area contributed by atoms with Crippen molar-refractivity contribution in [2.24, 2.45) is 0 Å². The number of rotatable bonds is 4. The van der Waals surface area contributed by atoms with Gasteiger partial charge in [-0.3, -0.25) is 9.69 Å². The molecule has 5 heteroatoms. The van der Waals surface area contributed by atoms with Crippen LogP contribution in [-0.4, -0.2) is 52.4 Å². The summed E-state index contributed by atoms with van der Waals surface area (Å²) in [6.07, 6.45) is 7.29. The predicted molar refractivity (Wildman–Crippen MR) is 107 cm³/mol. The molecule has 0 spiro atoms. The van der Waals surface area contributed by atoms with E-state index >= 15 is 0 Å². The van der Waals surface area contributed by atoms with Crippen molar-refractivity contribution in [2.45, 2.75) is 24.9 Å². The van der Waals surface area contributed by atoms with Crippen molar-refractivity contribution in [1.82, 2.24) is 19.4 Å². The summed E-state index contributed by atoms with van der Waals surface area (Å²) in [5.41, 5.74) is 0.731. The van der Waals surface area contributed by atoms with Gasteiger partial charge in [0.1, 0.15) is 5.54 Å². The van der Waals surface area contributed by atoms with Gasteiger partial charge in [-0.05, 0) is 35.7 Å². The Kier molecular flexibility index (Phi) is 4.70. The highest BCUT2D eigenvalue weighted by atomic mass is 16.2. The van der Waals surface area contributed by atoms with Gasteiger partial charge >= 0.3 is 0 Å². The summed E-state index contributed by atoms with van der Waals surface area (Å²) in [4.78, 5) is 21.5. The number of likely N-dealkylation sites (N-methyl/N-ethyl adjacent to an activating group) is 1. The van der Waals surface area contributed by atoms with Crippen LogP contribution in [0.15, 0.2) is 61.2 Å². The topological polar surface area (TPSA) is 41.4 Å². The fourth-order valence-corrected chi connectivity index (χ4v) is 4.35. The van der Waals surface area contributed by atoms with Gasteiger partial charge in [-0.2, -0.15) is 0 Å². The van der Waals surface area contributed by atoms with E-state index in [4.69, 9.17) is 0 Å². The minimum absolute atomic E-state index is 0.142. The van der Waals surface area contributed by atoms with Gasteiger partial charge in [0, 0.05) is 39.6 Å². The van der Waals surface area contributed by atoms with Crippen molar-refractivity contribution in [3.63, 3.8) is 0 Å². The summed E-state index contributed by atoms with van der Waals surface area (Å²) < 4.78 is 2.00. The number of aromatic nitrogens is 2. The summed E-state index contributed by atoms with van der Waals surface area (Å²) in [5.74, 6) is 0.142. The molecule has 1 amide bonds. The number of carbonyl (C=O) groups excluding carboxylic acids is 1. The SMILES string of the molecule is CN(C)C(=O)C1(n2ccnc2)CCCN(Cc2cccc3ccccc23)C1. The van der Waals surface area contributed by atoms with Crippen LogP contribution in [0.4, 0.5) is 0 Å². The lowest BCUT2D eigenvalue weighted by Gasteiger charge is -2.43. The minimum Gasteiger partial charge on any atom is -0.347 e. The molecular weight excluding hydrogens is 336 g/mol. The van der Waals surface area contributed by atoms with Crippen molar-refractivity contribution in [2.75, 3.05) is 27.2 Å². The van der Waals surface area contributed by atoms with Gasteiger partial charge in [0.25, 0.3) is 0 Å². The third-order valence-electron chi connectivity index (χ3n) is 5.63. The molecule has 2 heterocycles. The molecule has 4 rings (SSSR count). The number of hydrogen-bond donors (Lipinski definition) is 0. The second-order valence-corrected chi connectivity index (χ2v) is 7.65. The number of imidazole rings is 1. The Morgan fingerprint density at radius 3 is 2.78 bits per heavy atom. The van der Waals surface area contributed by atoms with E-state index in [1.54, 1.807) is 17.4 Å². The summed E-state index contributed by atoms with van der Waals surface area (Å²) in [6.45, 7) is 2.54. The molecule has 1 saturated heterocycles. The van der Waals surface area contributed by atoms with Crippen molar-refractivity contribution >= 4 is 16.7 Å². The summed E-state index contributed by atoms with van der Waals surface area (Å²) in [7, 11) is 3.68. The molecule has 1 atom stereocenters. The lowest BCUT2D eigenvalue weighted by atomic mass is 9.86. The molecule has 2 aromatic carbocycles. The van der Waals surface area contributed by atoms with E-state index in [0.717, 1.165) is 25.9 Å². The van der Waals surface area contributed by atoms with E-state index in [-0.39, 0.29) is 5.91 Å². The Morgan fingerprint density at radius 2 is 2.00 bits per heavy atom. The molecule has 3 aromatic rings. The molecule has 140 valence electrons. The number of nitrogens with zero attached hydrogens (tertiary/aromatic N) is 4. The zero-order chi connectivity index (χ0) is 18.9. The fourth-order valence-electron chi connectivity index (χ4n) is 4.35. The van der Waals surface area contributed by atoms with E-state index in [0.29, 0.717) is 6.54 Å². The Hall–Kier alpha value is -2.66. The number of carbonyl (C=O) groups is 1. The van der Waals surface area contributed by atoms with E-state index in [9.17, 15) is 4.79 Å². The van der Waals surface area contributed by atoms with Crippen LogP contribution in [0.3, 0.4) is 0 Å². The molecule has 0 radical (unpaired) electrons. The van der Waals surface area contributed by atoms with Crippen LogP contribution in [0.25, 0.3) is 10.8 Å². The van der Waals surface area contributed by atoms with E-state index < -0.39 is 5.54 Å². The molecule has 1 aromatic heterocycles. The number of likely N-dealkylation sites (tertiary alicyclic amines) is 1. The first-order chi connectivity index (χ1) is 13.1. The number of amides is 1. The third kappa shape index (κ3) is 3.23. The predicted octanol–water partition coefficient (Wildman–Crippen LogP) is 3.12. The van der Waals surface area contributed by atoms with Crippen LogP contribution in [0.1, 0.15) is 18.4 Å². The largest absolute Gasteiger partial charge is 0.347 e. The maximum absolute atomic E-state index is 13.2. The Morgan fingerprint density at radius 1 is 1.19 bits per heavy atom. The summed E-state index contributed by atoms with van der Waals surface area (Å²) in [5, 5.41) is 2.55. The Balaban J connectivity index is 1.66. The Bertz CT molecular complexity index is 929. The molecule has 5 nitrogen and oxygen atoms in total. The highest BCUT2D eigenvalue weighted by Crippen LogP contribution is 2.32. The van der Waals surface area contributed by atoms with Crippen LogP contribution >= 0.6 is 0 Å². The quantitative estimate of drug-likeness (QED) is 0.716. The first kappa shape index (κ1) is 17.7. The first-order valence-corrected chi connectivity index (χ1v) is 9.49. The maximum atomic E-state index is 13.2. The lowest BCUT2D eigenvalue weighted by Crippen LogP contribution is -2.57. The van der Waals surface area contributed by atoms with Crippen LogP contribution in [0.5, 0.6) is 0 Å². The number of piperidine rings is 1. The second-order valence-electron chi connectivity index (χ2n) is 7.65. The second kappa shape index (κ2) is 7.16. The van der Waals surface area contributed by atoms with Crippen LogP contribution in [0, 0.1) is 0 Å². The smallest absolute Gasteiger partial charge is 0.249 e. The highest BCUT2D eigenvalue weighted by Gasteiger charge is 2.44. The number of fused-ring (bicyclic) bond motifs is 1. The average molecular weight is 362 g/mol. The van der Waals surface area contributed by atoms with Crippen molar-refractivity contribution in [1.29, 1.82) is 0 Å². The van der Waals surface area contributed by atoms with E-state index in [1.165, 1.54) is 16.3 Å². The van der Waals surface area contributed by atoms with Crippen molar-refractivity contribution < 1.29 is 4.79 Å². The molecule has 1 fully saturated rings. The Labute approximate surface area is 160 Å². The molecule has 0 aliphatic carbocycles. The van der Waals surface area contributed by atoms with Gasteiger partial charge in [0.2, 0.25) is 5.91 Å². The summed E-state index contributed by atoms with van der Waals surface area (Å²) in [6, 6.07) is 15.0. The van der Waals surface area contributed by atoms with E-state index in [1.807, 2.05) is 24.9 Å². The van der Waals surface area contributed by atoms with Gasteiger partial charge < -0.3 is 9.47 Å². The standard InChI is InChI=1S/C22H26N4O/c1-24(2)21(27)22(26-14-12-23-17-26)11-6-13-25(16-22)15-19-9-5-8-18-7-3-4-10-20(18)19/h3-5,7-10,12,14,17H,6,11,13,15-16H2,1-2H3. The zero-order valence-corrected chi connectivity index (χ0v) is 16.0. The summed E-state index contributed by atoms with van der Waals surface area (Å²) >= 11 is 0. The van der Waals surface area contributed by atoms with Crippen molar-refractivity contribution in [3.05, 3.63) is 66.7 Å². The average Bonchev–Trinajstić information content (AvgIpc) is 3.23. The van der Waals surface area contributed by atoms with Crippen LogP contribution in [-0.2, 0) is 16.9 Å². The normalized spacial score (nSPS) is 20.7. The van der Waals surface area contributed by atoms with Gasteiger partial charge in [-0.1, -0.05) is 42.5 Å². The van der Waals surface area contributed by atoms with E-state index in [2.05, 4.69) is 52.3 Å². The van der Waals surface area contributed by atoms with Gasteiger partial charge in [-0.25, -0.2) is 4.98 Å². The minimum atomic E-state index is -0.581. The number of benzene rings is 2. The molecule has 1 aliphatic heterocycles. The fraction of sp³-hybridized carbons (Fsp3) is 0.364. The first-order valence-electron chi connectivity index (χ1n) is 9.49. The molecular formula is C22H26N4O. The third-order valence-corrected chi connectivity index (χ3v) is 5.63. The lowest BCUT2D eigenvalue weighted by molar-refractivity contribution is -0.141. The zero-order valence-electron chi connectivity index (χ0n) is 16.0. The molecule has 1 unspecified atom stereocenters. The van der Waals surface area contributed by atoms with Gasteiger partial charge in [0.05, 0.1) is 6.33 Å². The molecule has 0 bridgehead atoms. The number of hydrogen-bond acceptors (Lipinski definition) is 3. The molecule has 27 heavy (non-hydrogen) atoms. The molecule has 0 saturated carbocycles. The van der Waals surface area contributed by atoms with Crippen LogP contribution in [0.2, 0.25) is 0 Å². The monoisotopic (exact) mass is 362 g/mol. The van der Waals surface area contributed by atoms with Crippen LogP contribution < -0.4 is 0 Å². The van der Waals surface area contributed by atoms with Gasteiger partial charge in [0.15, 0.2) is 0 Å². The highest BCUT2D eigenvalue weighted by molar-refractivity contribution is 5.86. The van der Waals surface area contributed by atoms with Crippen molar-refractivity contribution in [3.8, 4) is 0 Å². The molecule has 0 N–H and O–H groups in total.